The number of carbonyl (C=O) groups is 1. The van der Waals surface area contributed by atoms with Gasteiger partial charge in [-0.3, -0.25) is 4.79 Å². The van der Waals surface area contributed by atoms with E-state index in [2.05, 4.69) is 20.8 Å². The predicted molar refractivity (Wildman–Crippen MR) is 85.5 cm³/mol. The highest BCUT2D eigenvalue weighted by Gasteiger charge is 2.38. The lowest BCUT2D eigenvalue weighted by molar-refractivity contribution is 0.000335. The molecule has 0 bridgehead atoms. The van der Waals surface area contributed by atoms with Crippen LogP contribution in [-0.2, 0) is 5.41 Å². The first-order valence-electron chi connectivity index (χ1n) is 7.74. The Kier molecular flexibility index (Phi) is 4.16. The molecule has 0 saturated carbocycles. The van der Waals surface area contributed by atoms with Crippen LogP contribution in [0.2, 0.25) is 0 Å². The fourth-order valence-electron chi connectivity index (χ4n) is 3.02. The van der Waals surface area contributed by atoms with Crippen molar-refractivity contribution in [3.8, 4) is 0 Å². The molecule has 1 aromatic rings. The quantitative estimate of drug-likeness (QED) is 0.907. The van der Waals surface area contributed by atoms with Gasteiger partial charge in [0.1, 0.15) is 0 Å². The van der Waals surface area contributed by atoms with E-state index in [0.717, 1.165) is 19.4 Å². The first-order valence-corrected chi connectivity index (χ1v) is 7.74. The lowest BCUT2D eigenvalue weighted by Crippen LogP contribution is -2.48. The number of benzene rings is 1. The van der Waals surface area contributed by atoms with Crippen LogP contribution in [0.25, 0.3) is 0 Å². The van der Waals surface area contributed by atoms with Crippen molar-refractivity contribution in [2.24, 2.45) is 0 Å². The summed E-state index contributed by atoms with van der Waals surface area (Å²) in [5, 5.41) is 10.2. The van der Waals surface area contributed by atoms with Crippen LogP contribution in [0.15, 0.2) is 24.3 Å². The van der Waals surface area contributed by atoms with Crippen molar-refractivity contribution in [2.45, 2.75) is 64.5 Å². The van der Waals surface area contributed by atoms with Gasteiger partial charge >= 0.3 is 0 Å². The molecule has 1 amide bonds. The number of likely N-dealkylation sites (tertiary alicyclic amines) is 1. The summed E-state index contributed by atoms with van der Waals surface area (Å²) < 4.78 is 0. The van der Waals surface area contributed by atoms with E-state index < -0.39 is 5.60 Å². The third kappa shape index (κ3) is 3.46. The van der Waals surface area contributed by atoms with Crippen molar-refractivity contribution in [3.05, 3.63) is 35.4 Å². The van der Waals surface area contributed by atoms with Gasteiger partial charge in [0.2, 0.25) is 0 Å². The number of rotatable bonds is 2. The SMILES string of the molecule is CC(C)(C)c1ccc(C(=O)N2CCCC2C(C)(C)O)cc1. The largest absolute Gasteiger partial charge is 0.388 e. The van der Waals surface area contributed by atoms with Gasteiger partial charge in [0.05, 0.1) is 11.6 Å². The minimum absolute atomic E-state index is 0.0279. The summed E-state index contributed by atoms with van der Waals surface area (Å²) >= 11 is 0. The second-order valence-electron chi connectivity index (χ2n) is 7.64. The molecule has 1 saturated heterocycles. The Balaban J connectivity index is 2.20. The normalized spacial score (nSPS) is 19.9. The Morgan fingerprint density at radius 1 is 1.14 bits per heavy atom. The first kappa shape index (κ1) is 16.0. The van der Waals surface area contributed by atoms with Crippen molar-refractivity contribution in [1.82, 2.24) is 4.90 Å². The summed E-state index contributed by atoms with van der Waals surface area (Å²) in [6.45, 7) is 10.8. The number of carbonyl (C=O) groups excluding carboxylic acids is 1. The van der Waals surface area contributed by atoms with Crippen LogP contribution in [0, 0.1) is 0 Å². The van der Waals surface area contributed by atoms with Crippen LogP contribution in [-0.4, -0.2) is 34.1 Å². The number of amides is 1. The molecule has 0 spiro atoms. The zero-order valence-electron chi connectivity index (χ0n) is 13.8. The van der Waals surface area contributed by atoms with Gasteiger partial charge in [-0.2, -0.15) is 0 Å². The Morgan fingerprint density at radius 3 is 2.19 bits per heavy atom. The van der Waals surface area contributed by atoms with Crippen LogP contribution in [0.1, 0.15) is 63.4 Å². The van der Waals surface area contributed by atoms with Gasteiger partial charge in [-0.25, -0.2) is 0 Å². The minimum Gasteiger partial charge on any atom is -0.388 e. The Bertz CT molecular complexity index is 506. The molecule has 1 heterocycles. The molecule has 1 N–H and O–H groups in total. The average Bonchev–Trinajstić information content (AvgIpc) is 2.86. The standard InChI is InChI=1S/C18H27NO2/c1-17(2,3)14-10-8-13(9-11-14)16(20)19-12-6-7-15(19)18(4,5)21/h8-11,15,21H,6-7,12H2,1-5H3. The van der Waals surface area contributed by atoms with Crippen molar-refractivity contribution >= 4 is 5.91 Å². The number of nitrogens with zero attached hydrogens (tertiary/aromatic N) is 1. The number of aliphatic hydroxyl groups is 1. The van der Waals surface area contributed by atoms with Crippen molar-refractivity contribution in [3.63, 3.8) is 0 Å². The molecule has 21 heavy (non-hydrogen) atoms. The highest BCUT2D eigenvalue weighted by atomic mass is 16.3. The van der Waals surface area contributed by atoms with Gasteiger partial charge in [-0.05, 0) is 49.8 Å². The summed E-state index contributed by atoms with van der Waals surface area (Å²) in [5.41, 5.74) is 1.17. The second kappa shape index (κ2) is 5.45. The minimum atomic E-state index is -0.850. The molecule has 0 aromatic heterocycles. The molecule has 1 unspecified atom stereocenters. The Labute approximate surface area is 128 Å². The van der Waals surface area contributed by atoms with E-state index in [0.29, 0.717) is 5.56 Å². The fourth-order valence-corrected chi connectivity index (χ4v) is 3.02. The van der Waals surface area contributed by atoms with Gasteiger partial charge < -0.3 is 10.0 Å². The van der Waals surface area contributed by atoms with Crippen LogP contribution in [0.4, 0.5) is 0 Å². The summed E-state index contributed by atoms with van der Waals surface area (Å²) in [6, 6.07) is 7.78. The van der Waals surface area contributed by atoms with Crippen LogP contribution < -0.4 is 0 Å². The molecule has 0 radical (unpaired) electrons. The molecule has 1 atom stereocenters. The number of hydrogen-bond donors (Lipinski definition) is 1. The zero-order chi connectivity index (χ0) is 15.8. The van der Waals surface area contributed by atoms with Crippen LogP contribution >= 0.6 is 0 Å². The molecule has 1 aliphatic heterocycles. The molecule has 2 rings (SSSR count). The lowest BCUT2D eigenvalue weighted by atomic mass is 9.86. The van der Waals surface area contributed by atoms with E-state index in [-0.39, 0.29) is 17.4 Å². The topological polar surface area (TPSA) is 40.5 Å². The highest BCUT2D eigenvalue weighted by Crippen LogP contribution is 2.29. The molecule has 3 heteroatoms. The maximum Gasteiger partial charge on any atom is 0.254 e. The molecular formula is C18H27NO2. The van der Waals surface area contributed by atoms with Crippen LogP contribution in [0.5, 0.6) is 0 Å². The third-order valence-corrected chi connectivity index (χ3v) is 4.33. The second-order valence-corrected chi connectivity index (χ2v) is 7.64. The molecule has 1 aromatic carbocycles. The zero-order valence-corrected chi connectivity index (χ0v) is 13.8. The maximum atomic E-state index is 12.7. The van der Waals surface area contributed by atoms with Crippen LogP contribution in [0.3, 0.4) is 0 Å². The van der Waals surface area contributed by atoms with E-state index in [9.17, 15) is 9.90 Å². The molecular weight excluding hydrogens is 262 g/mol. The monoisotopic (exact) mass is 289 g/mol. The summed E-state index contributed by atoms with van der Waals surface area (Å²) in [5.74, 6) is 0.0279. The van der Waals surface area contributed by atoms with E-state index in [4.69, 9.17) is 0 Å². The van der Waals surface area contributed by atoms with Gasteiger partial charge in [-0.1, -0.05) is 32.9 Å². The van der Waals surface area contributed by atoms with Crippen molar-refractivity contribution in [2.75, 3.05) is 6.54 Å². The Morgan fingerprint density at radius 2 is 1.71 bits per heavy atom. The van der Waals surface area contributed by atoms with Gasteiger partial charge in [0, 0.05) is 12.1 Å². The molecule has 1 fully saturated rings. The molecule has 3 nitrogen and oxygen atoms in total. The molecule has 0 aliphatic carbocycles. The van der Waals surface area contributed by atoms with E-state index in [1.54, 1.807) is 13.8 Å². The summed E-state index contributed by atoms with van der Waals surface area (Å²) in [6.07, 6.45) is 1.83. The first-order chi connectivity index (χ1) is 9.60. The van der Waals surface area contributed by atoms with Gasteiger partial charge in [0.15, 0.2) is 0 Å². The third-order valence-electron chi connectivity index (χ3n) is 4.33. The molecule has 116 valence electrons. The lowest BCUT2D eigenvalue weighted by Gasteiger charge is -2.34. The van der Waals surface area contributed by atoms with Gasteiger partial charge in [-0.15, -0.1) is 0 Å². The van der Waals surface area contributed by atoms with Crippen molar-refractivity contribution in [1.29, 1.82) is 0 Å². The van der Waals surface area contributed by atoms with E-state index >= 15 is 0 Å². The van der Waals surface area contributed by atoms with Gasteiger partial charge in [0.25, 0.3) is 5.91 Å². The fraction of sp³-hybridized carbons (Fsp3) is 0.611. The average molecular weight is 289 g/mol. The molecule has 1 aliphatic rings. The van der Waals surface area contributed by atoms with Crippen molar-refractivity contribution < 1.29 is 9.90 Å². The van der Waals surface area contributed by atoms with E-state index in [1.165, 1.54) is 5.56 Å². The smallest absolute Gasteiger partial charge is 0.254 e. The number of hydrogen-bond acceptors (Lipinski definition) is 2. The summed E-state index contributed by atoms with van der Waals surface area (Å²) in [4.78, 5) is 14.5. The predicted octanol–water partition coefficient (Wildman–Crippen LogP) is 3.36. The maximum absolute atomic E-state index is 12.7. The summed E-state index contributed by atoms with van der Waals surface area (Å²) in [7, 11) is 0. The highest BCUT2D eigenvalue weighted by molar-refractivity contribution is 5.94. The van der Waals surface area contributed by atoms with E-state index in [1.807, 2.05) is 29.2 Å². The Hall–Kier alpha value is -1.35.